The summed E-state index contributed by atoms with van der Waals surface area (Å²) in [6, 6.07) is 0. The number of hydrogen-bond donors (Lipinski definition) is 0. The van der Waals surface area contributed by atoms with Crippen LogP contribution < -0.4 is 0 Å². The molecule has 0 atom stereocenters. The summed E-state index contributed by atoms with van der Waals surface area (Å²) in [6.45, 7) is 3.65. The quantitative estimate of drug-likeness (QED) is 0.458. The van der Waals surface area contributed by atoms with Crippen LogP contribution in [-0.2, 0) is 20.4 Å². The van der Waals surface area contributed by atoms with E-state index in [4.69, 9.17) is 6.42 Å². The van der Waals surface area contributed by atoms with Crippen LogP contribution in [0.5, 0.6) is 0 Å². The molecule has 39 valence electrons. The molecule has 0 bridgehead atoms. The summed E-state index contributed by atoms with van der Waals surface area (Å²) in [6.07, 6.45) is 7.73. The van der Waals surface area contributed by atoms with E-state index in [9.17, 15) is 0 Å². The van der Waals surface area contributed by atoms with Gasteiger partial charge in [-0.05, 0) is 0 Å². The van der Waals surface area contributed by atoms with E-state index in [-0.39, 0.29) is 20.4 Å². The number of rotatable bonds is 0. The van der Waals surface area contributed by atoms with Crippen LogP contribution >= 0.6 is 0 Å². The first-order chi connectivity index (χ1) is 2.81. The van der Waals surface area contributed by atoms with Gasteiger partial charge in [-0.25, -0.2) is 6.42 Å². The summed E-state index contributed by atoms with van der Waals surface area (Å²) in [7, 11) is 0. The fraction of sp³-hybridized carbons (Fsp3) is 0.333. The largest absolute Gasteiger partial charge is 0.307 e. The average Bonchev–Trinajstić information content (AvgIpc) is 1.65. The van der Waals surface area contributed by atoms with Crippen LogP contribution in [0.3, 0.4) is 0 Å². The van der Waals surface area contributed by atoms with Gasteiger partial charge in [-0.2, -0.15) is 5.57 Å². The van der Waals surface area contributed by atoms with Crippen molar-refractivity contribution in [3.05, 3.63) is 11.6 Å². The maximum Gasteiger partial charge on any atom is 0 e. The van der Waals surface area contributed by atoms with Gasteiger partial charge in [0.25, 0.3) is 0 Å². The van der Waals surface area contributed by atoms with Gasteiger partial charge >= 0.3 is 0 Å². The van der Waals surface area contributed by atoms with Crippen LogP contribution in [-0.4, -0.2) is 0 Å². The van der Waals surface area contributed by atoms with Crippen molar-refractivity contribution >= 4 is 0 Å². The summed E-state index contributed by atoms with van der Waals surface area (Å²) in [4.78, 5) is 0. The predicted molar refractivity (Wildman–Crippen MR) is 26.9 cm³/mol. The zero-order chi connectivity index (χ0) is 4.99. The molecular formula is C6H7Re-. The minimum atomic E-state index is 0. The maximum atomic E-state index is 4.93. The number of terminal acetylenes is 1. The number of hydrogen-bond acceptors (Lipinski definition) is 0. The fourth-order valence-electron chi connectivity index (χ4n) is 0.0722. The Kier molecular flexibility index (Phi) is 8.56. The molecule has 1 radical (unpaired) electrons. The van der Waals surface area contributed by atoms with Crippen molar-refractivity contribution in [1.29, 1.82) is 0 Å². The molecule has 0 aromatic carbocycles. The van der Waals surface area contributed by atoms with Crippen LogP contribution in [0.15, 0.2) is 5.57 Å². The van der Waals surface area contributed by atoms with E-state index in [2.05, 4.69) is 12.0 Å². The van der Waals surface area contributed by atoms with Gasteiger partial charge in [0.15, 0.2) is 0 Å². The van der Waals surface area contributed by atoms with Gasteiger partial charge in [0, 0.05) is 20.4 Å². The Bertz CT molecular complexity index is 95.2. The summed E-state index contributed by atoms with van der Waals surface area (Å²) in [5.41, 5.74) is 0.870. The SMILES string of the molecule is C#CC(C)=[C-]C.[Re]. The summed E-state index contributed by atoms with van der Waals surface area (Å²) < 4.78 is 0. The molecule has 0 N–H and O–H groups in total. The van der Waals surface area contributed by atoms with Gasteiger partial charge in [-0.1, -0.05) is 6.92 Å². The molecule has 0 fully saturated rings. The number of allylic oxidation sites excluding steroid dienone is 2. The third-order valence-corrected chi connectivity index (χ3v) is 0.592. The van der Waals surface area contributed by atoms with E-state index in [0.29, 0.717) is 0 Å². The molecule has 7 heavy (non-hydrogen) atoms. The summed E-state index contributed by atoms with van der Waals surface area (Å²) in [5, 5.41) is 0. The average molecular weight is 265 g/mol. The molecule has 0 aromatic heterocycles. The summed E-state index contributed by atoms with van der Waals surface area (Å²) in [5.74, 6) is 2.42. The minimum absolute atomic E-state index is 0. The van der Waals surface area contributed by atoms with Gasteiger partial charge in [0.05, 0.1) is 0 Å². The van der Waals surface area contributed by atoms with E-state index < -0.39 is 0 Å². The molecule has 0 saturated heterocycles. The van der Waals surface area contributed by atoms with Crippen molar-refractivity contribution < 1.29 is 20.4 Å². The zero-order valence-corrected chi connectivity index (χ0v) is 7.17. The van der Waals surface area contributed by atoms with Crippen molar-refractivity contribution in [3.8, 4) is 12.3 Å². The van der Waals surface area contributed by atoms with Crippen LogP contribution in [0.2, 0.25) is 0 Å². The smallest absolute Gasteiger partial charge is 0 e. The molecule has 0 aromatic rings. The van der Waals surface area contributed by atoms with Gasteiger partial charge in [-0.3, -0.25) is 6.08 Å². The normalized spacial score (nSPS) is 9.00. The third kappa shape index (κ3) is 5.96. The molecule has 1 heteroatoms. The van der Waals surface area contributed by atoms with Gasteiger partial charge in [-0.15, -0.1) is 6.92 Å². The molecule has 0 aliphatic heterocycles. The molecule has 0 heterocycles. The second kappa shape index (κ2) is 5.96. The summed E-state index contributed by atoms with van der Waals surface area (Å²) >= 11 is 0. The topological polar surface area (TPSA) is 0 Å². The molecule has 0 aliphatic carbocycles. The first kappa shape index (κ1) is 10.1. The van der Waals surface area contributed by atoms with E-state index >= 15 is 0 Å². The molecule has 0 rings (SSSR count). The molecule has 0 saturated carbocycles. The van der Waals surface area contributed by atoms with Crippen LogP contribution in [0, 0.1) is 18.4 Å². The predicted octanol–water partition coefficient (Wildman–Crippen LogP) is 1.39. The molecular weight excluding hydrogens is 258 g/mol. The van der Waals surface area contributed by atoms with Crippen LogP contribution in [0.1, 0.15) is 13.8 Å². The Labute approximate surface area is 58.7 Å². The Morgan fingerprint density at radius 1 is 1.71 bits per heavy atom. The molecule has 0 nitrogen and oxygen atoms in total. The fourth-order valence-corrected chi connectivity index (χ4v) is 0.0722. The van der Waals surface area contributed by atoms with E-state index in [1.807, 2.05) is 6.92 Å². The third-order valence-electron chi connectivity index (χ3n) is 0.592. The minimum Gasteiger partial charge on any atom is -0.307 e. The maximum absolute atomic E-state index is 4.93. The Balaban J connectivity index is 0. The van der Waals surface area contributed by atoms with Crippen molar-refractivity contribution in [2.75, 3.05) is 0 Å². The second-order valence-electron chi connectivity index (χ2n) is 1.02. The monoisotopic (exact) mass is 266 g/mol. The van der Waals surface area contributed by atoms with E-state index in [1.54, 1.807) is 6.92 Å². The van der Waals surface area contributed by atoms with E-state index in [1.165, 1.54) is 0 Å². The van der Waals surface area contributed by atoms with Crippen molar-refractivity contribution in [1.82, 2.24) is 0 Å². The van der Waals surface area contributed by atoms with Gasteiger partial charge in [0.1, 0.15) is 0 Å². The standard InChI is InChI=1S/C6H7.Re/c1-4-6(3)5-2;/h1H,2-3H3;/q-1;. The molecule has 0 spiro atoms. The Morgan fingerprint density at radius 2 is 2.14 bits per heavy atom. The van der Waals surface area contributed by atoms with Crippen molar-refractivity contribution in [3.63, 3.8) is 0 Å². The Hall–Kier alpha value is -0.0377. The van der Waals surface area contributed by atoms with Crippen LogP contribution in [0.4, 0.5) is 0 Å². The molecule has 0 unspecified atom stereocenters. The van der Waals surface area contributed by atoms with E-state index in [0.717, 1.165) is 5.57 Å². The van der Waals surface area contributed by atoms with Gasteiger partial charge < -0.3 is 5.92 Å². The molecule has 0 aliphatic rings. The first-order valence-corrected chi connectivity index (χ1v) is 1.79. The second-order valence-corrected chi connectivity index (χ2v) is 1.02. The molecule has 0 amide bonds. The van der Waals surface area contributed by atoms with Gasteiger partial charge in [0.2, 0.25) is 0 Å². The Morgan fingerprint density at radius 3 is 2.14 bits per heavy atom. The van der Waals surface area contributed by atoms with Crippen molar-refractivity contribution in [2.45, 2.75) is 13.8 Å². The first-order valence-electron chi connectivity index (χ1n) is 1.79. The van der Waals surface area contributed by atoms with Crippen LogP contribution in [0.25, 0.3) is 0 Å². The zero-order valence-electron chi connectivity index (χ0n) is 4.46. The van der Waals surface area contributed by atoms with Crippen molar-refractivity contribution in [2.24, 2.45) is 0 Å².